The van der Waals surface area contributed by atoms with Crippen molar-refractivity contribution in [3.05, 3.63) is 59.2 Å². The maximum Gasteiger partial charge on any atom is 0.326 e. The van der Waals surface area contributed by atoms with Crippen molar-refractivity contribution in [3.8, 4) is 5.75 Å². The van der Waals surface area contributed by atoms with E-state index < -0.39 is 22.0 Å². The quantitative estimate of drug-likeness (QED) is 0.696. The number of amides is 2. The third kappa shape index (κ3) is 3.29. The van der Waals surface area contributed by atoms with Crippen LogP contribution in [-0.2, 0) is 32.6 Å². The Morgan fingerprint density at radius 3 is 2.64 bits per heavy atom. The average molecular weight is 401 g/mol. The van der Waals surface area contributed by atoms with Gasteiger partial charge in [-0.15, -0.1) is 0 Å². The number of benzene rings is 2. The largest absolute Gasteiger partial charge is 0.506 e. The minimum absolute atomic E-state index is 0.0211. The number of nitrogens with one attached hydrogen (secondary N) is 2. The van der Waals surface area contributed by atoms with Gasteiger partial charge in [0.05, 0.1) is 11.6 Å². The molecule has 2 aromatic carbocycles. The fraction of sp³-hybridized carbons (Fsp3) is 0.263. The first kappa shape index (κ1) is 18.3. The van der Waals surface area contributed by atoms with Crippen molar-refractivity contribution in [2.45, 2.75) is 18.8 Å². The summed E-state index contributed by atoms with van der Waals surface area (Å²) in [6.45, 7) is 0.192. The van der Waals surface area contributed by atoms with Crippen LogP contribution < -0.4 is 14.3 Å². The zero-order valence-corrected chi connectivity index (χ0v) is 15.7. The van der Waals surface area contributed by atoms with E-state index in [1.165, 1.54) is 12.1 Å². The van der Waals surface area contributed by atoms with Gasteiger partial charge >= 0.3 is 10.2 Å². The molecule has 1 fully saturated rings. The van der Waals surface area contributed by atoms with Crippen molar-refractivity contribution in [3.63, 3.8) is 0 Å². The minimum Gasteiger partial charge on any atom is -0.506 e. The summed E-state index contributed by atoms with van der Waals surface area (Å²) in [7, 11) is -4.00. The lowest BCUT2D eigenvalue weighted by molar-refractivity contribution is -0.122. The van der Waals surface area contributed by atoms with Crippen LogP contribution in [0, 0.1) is 0 Å². The molecule has 2 aromatic rings. The summed E-state index contributed by atoms with van der Waals surface area (Å²) in [6, 6.07) is 12.3. The third-order valence-corrected chi connectivity index (χ3v) is 6.40. The van der Waals surface area contributed by atoms with Gasteiger partial charge in [0.25, 0.3) is 5.91 Å². The highest BCUT2D eigenvalue weighted by molar-refractivity contribution is 7.92. The topological polar surface area (TPSA) is 116 Å². The summed E-state index contributed by atoms with van der Waals surface area (Å²) >= 11 is 0. The maximum atomic E-state index is 12.6. The second-order valence-electron chi connectivity index (χ2n) is 6.86. The molecule has 0 radical (unpaired) electrons. The van der Waals surface area contributed by atoms with E-state index in [2.05, 4.69) is 5.32 Å². The van der Waals surface area contributed by atoms with Crippen LogP contribution >= 0.6 is 0 Å². The van der Waals surface area contributed by atoms with Crippen molar-refractivity contribution < 1.29 is 23.1 Å². The van der Waals surface area contributed by atoms with Crippen LogP contribution in [0.5, 0.6) is 5.75 Å². The van der Waals surface area contributed by atoms with Crippen LogP contribution in [0.4, 0.5) is 5.69 Å². The van der Waals surface area contributed by atoms with Crippen molar-refractivity contribution in [2.75, 3.05) is 17.4 Å². The van der Waals surface area contributed by atoms with Crippen molar-refractivity contribution in [2.24, 2.45) is 0 Å². The van der Waals surface area contributed by atoms with Gasteiger partial charge in [0.2, 0.25) is 5.91 Å². The van der Waals surface area contributed by atoms with E-state index in [0.29, 0.717) is 18.5 Å². The molecular formula is C19H19N3O5S. The minimum atomic E-state index is -4.00. The van der Waals surface area contributed by atoms with Gasteiger partial charge in [-0.1, -0.05) is 30.3 Å². The molecule has 0 aromatic heterocycles. The lowest BCUT2D eigenvalue weighted by Crippen LogP contribution is -2.30. The Morgan fingerprint density at radius 2 is 1.93 bits per heavy atom. The number of hydrogen-bond acceptors (Lipinski definition) is 5. The molecule has 3 N–H and O–H groups in total. The van der Waals surface area contributed by atoms with Crippen LogP contribution in [0.15, 0.2) is 42.5 Å². The van der Waals surface area contributed by atoms with Gasteiger partial charge in [0.15, 0.2) is 0 Å². The molecule has 1 unspecified atom stereocenters. The second-order valence-corrected chi connectivity index (χ2v) is 8.45. The average Bonchev–Trinajstić information content (AvgIpc) is 2.82. The molecule has 2 heterocycles. The molecule has 0 saturated carbocycles. The molecule has 1 saturated heterocycles. The molecule has 0 aliphatic carbocycles. The Bertz CT molecular complexity index is 1070. The first-order valence-corrected chi connectivity index (χ1v) is 10.3. The van der Waals surface area contributed by atoms with Crippen LogP contribution in [0.25, 0.3) is 0 Å². The van der Waals surface area contributed by atoms with Gasteiger partial charge in [-0.2, -0.15) is 8.42 Å². The number of carbonyl (C=O) groups excluding carboxylic acids is 2. The van der Waals surface area contributed by atoms with Crippen molar-refractivity contribution in [1.82, 2.24) is 10.0 Å². The van der Waals surface area contributed by atoms with Crippen LogP contribution in [0.1, 0.15) is 22.6 Å². The molecule has 8 nitrogen and oxygen atoms in total. The summed E-state index contributed by atoms with van der Waals surface area (Å²) in [5.74, 6) is -1.40. The fourth-order valence-corrected chi connectivity index (χ4v) is 4.86. The number of phenolic OH excluding ortho intramolecular Hbond substituents is 1. The zero-order chi connectivity index (χ0) is 19.9. The molecule has 2 amide bonds. The van der Waals surface area contributed by atoms with E-state index in [4.69, 9.17) is 0 Å². The van der Waals surface area contributed by atoms with Gasteiger partial charge in [-0.25, -0.2) is 9.03 Å². The Morgan fingerprint density at radius 1 is 1.14 bits per heavy atom. The Balaban J connectivity index is 1.64. The Labute approximate surface area is 162 Å². The van der Waals surface area contributed by atoms with E-state index in [0.717, 1.165) is 21.9 Å². The highest BCUT2D eigenvalue weighted by Gasteiger charge is 2.35. The first-order chi connectivity index (χ1) is 13.3. The second kappa shape index (κ2) is 6.83. The smallest absolute Gasteiger partial charge is 0.326 e. The van der Waals surface area contributed by atoms with Gasteiger partial charge in [-0.3, -0.25) is 9.59 Å². The molecule has 1 atom stereocenters. The predicted molar refractivity (Wildman–Crippen MR) is 102 cm³/mol. The SMILES string of the molecule is O=C1CN(c2ccc(CC3C(=O)NCCc4ccccc43)cc2O)S(=O)(=O)N1. The number of phenols is 1. The standard InChI is InChI=1S/C19H19N3O5S/c23-17-10-12(5-6-16(17)22-11-18(24)21-28(22,26)27)9-15-14-4-2-1-3-13(14)7-8-20-19(15)25/h1-6,10,15,23H,7-9,11H2,(H,20,25)(H,21,24). The summed E-state index contributed by atoms with van der Waals surface area (Å²) in [4.78, 5) is 24.0. The molecule has 4 rings (SSSR count). The zero-order valence-electron chi connectivity index (χ0n) is 14.9. The number of carbonyl (C=O) groups is 2. The molecule has 2 aliphatic heterocycles. The highest BCUT2D eigenvalue weighted by Crippen LogP contribution is 2.34. The number of aromatic hydroxyl groups is 1. The number of fused-ring (bicyclic) bond motifs is 1. The molecular weight excluding hydrogens is 382 g/mol. The lowest BCUT2D eigenvalue weighted by Gasteiger charge is -2.19. The number of hydrogen-bond donors (Lipinski definition) is 3. The maximum absolute atomic E-state index is 12.6. The first-order valence-electron chi connectivity index (χ1n) is 8.86. The predicted octanol–water partition coefficient (Wildman–Crippen LogP) is 0.572. The van der Waals surface area contributed by atoms with Gasteiger partial charge in [0, 0.05) is 6.54 Å². The summed E-state index contributed by atoms with van der Waals surface area (Å²) in [5.41, 5.74) is 2.78. The Kier molecular flexibility index (Phi) is 4.46. The lowest BCUT2D eigenvalue weighted by atomic mass is 9.88. The Hall–Kier alpha value is -3.07. The van der Waals surface area contributed by atoms with E-state index in [1.807, 2.05) is 29.0 Å². The van der Waals surface area contributed by atoms with Crippen molar-refractivity contribution >= 4 is 27.7 Å². The summed E-state index contributed by atoms with van der Waals surface area (Å²) in [5, 5.41) is 13.3. The highest BCUT2D eigenvalue weighted by atomic mass is 32.2. The van der Waals surface area contributed by atoms with Gasteiger partial charge in [-0.05, 0) is 41.7 Å². The van der Waals surface area contributed by atoms with Gasteiger partial charge in [0.1, 0.15) is 12.3 Å². The number of nitrogens with zero attached hydrogens (tertiary/aromatic N) is 1. The summed E-state index contributed by atoms with van der Waals surface area (Å²) < 4.78 is 26.6. The summed E-state index contributed by atoms with van der Waals surface area (Å²) in [6.07, 6.45) is 1.12. The fourth-order valence-electron chi connectivity index (χ4n) is 3.69. The third-order valence-electron chi connectivity index (χ3n) is 5.01. The molecule has 0 bridgehead atoms. The number of anilines is 1. The van der Waals surface area contributed by atoms with E-state index in [-0.39, 0.29) is 23.9 Å². The monoisotopic (exact) mass is 401 g/mol. The molecule has 9 heteroatoms. The van der Waals surface area contributed by atoms with Crippen LogP contribution in [-0.4, -0.2) is 38.4 Å². The van der Waals surface area contributed by atoms with Crippen molar-refractivity contribution in [1.29, 1.82) is 0 Å². The van der Waals surface area contributed by atoms with E-state index in [9.17, 15) is 23.1 Å². The molecule has 146 valence electrons. The molecule has 2 aliphatic rings. The molecule has 28 heavy (non-hydrogen) atoms. The molecule has 0 spiro atoms. The van der Waals surface area contributed by atoms with E-state index in [1.54, 1.807) is 6.07 Å². The van der Waals surface area contributed by atoms with Crippen LogP contribution in [0.2, 0.25) is 0 Å². The van der Waals surface area contributed by atoms with Gasteiger partial charge < -0.3 is 10.4 Å². The van der Waals surface area contributed by atoms with E-state index >= 15 is 0 Å². The van der Waals surface area contributed by atoms with Crippen LogP contribution in [0.3, 0.4) is 0 Å². The normalized spacial score (nSPS) is 20.9. The number of rotatable bonds is 3.